The monoisotopic (exact) mass is 370 g/mol. The van der Waals surface area contributed by atoms with Gasteiger partial charge < -0.3 is 0 Å². The van der Waals surface area contributed by atoms with Crippen molar-refractivity contribution >= 4 is 22.6 Å². The Balaban J connectivity index is 2.58. The third-order valence-corrected chi connectivity index (χ3v) is 4.13. The molecule has 0 aromatic heterocycles. The smallest absolute Gasteiger partial charge is 0.128 e. The van der Waals surface area contributed by atoms with Crippen LogP contribution in [0.3, 0.4) is 0 Å². The fourth-order valence-corrected chi connectivity index (χ4v) is 3.03. The second-order valence-electron chi connectivity index (χ2n) is 4.60. The summed E-state index contributed by atoms with van der Waals surface area (Å²) in [5, 5.41) is 0. The van der Waals surface area contributed by atoms with Crippen molar-refractivity contribution < 1.29 is 4.39 Å². The summed E-state index contributed by atoms with van der Waals surface area (Å²) in [6.45, 7) is 3.79. The van der Waals surface area contributed by atoms with E-state index < -0.39 is 0 Å². The minimum absolute atomic E-state index is 0.222. The zero-order valence-corrected chi connectivity index (χ0v) is 13.0. The van der Waals surface area contributed by atoms with Gasteiger partial charge in [0.15, 0.2) is 0 Å². The van der Waals surface area contributed by atoms with Gasteiger partial charge in [-0.05, 0) is 65.3 Å². The van der Waals surface area contributed by atoms with E-state index in [0.717, 1.165) is 20.3 Å². The van der Waals surface area contributed by atoms with E-state index in [-0.39, 0.29) is 11.9 Å². The summed E-state index contributed by atoms with van der Waals surface area (Å²) in [6, 6.07) is 11.0. The van der Waals surface area contributed by atoms with Gasteiger partial charge in [-0.25, -0.2) is 9.82 Å². The van der Waals surface area contributed by atoms with Crippen LogP contribution in [0.5, 0.6) is 0 Å². The number of rotatable bonds is 3. The maximum atomic E-state index is 14.3. The summed E-state index contributed by atoms with van der Waals surface area (Å²) in [4.78, 5) is 0. The Kier molecular flexibility index (Phi) is 4.54. The molecule has 0 aliphatic heterocycles. The van der Waals surface area contributed by atoms with E-state index in [4.69, 9.17) is 5.84 Å². The summed E-state index contributed by atoms with van der Waals surface area (Å²) in [5.41, 5.74) is 6.14. The fourth-order valence-electron chi connectivity index (χ4n) is 2.33. The average molecular weight is 370 g/mol. The van der Waals surface area contributed by atoms with Crippen LogP contribution in [0.1, 0.15) is 28.3 Å². The predicted molar refractivity (Wildman–Crippen MR) is 84.2 cm³/mol. The lowest BCUT2D eigenvalue weighted by Gasteiger charge is -2.21. The molecule has 0 radical (unpaired) electrons. The summed E-state index contributed by atoms with van der Waals surface area (Å²) in [6.07, 6.45) is 0. The zero-order valence-electron chi connectivity index (χ0n) is 10.9. The number of halogens is 2. The van der Waals surface area contributed by atoms with Crippen molar-refractivity contribution in [3.63, 3.8) is 0 Å². The average Bonchev–Trinajstić information content (AvgIpc) is 2.34. The molecule has 0 saturated carbocycles. The number of hydrogen-bond donors (Lipinski definition) is 2. The number of aryl methyl sites for hydroxylation is 2. The van der Waals surface area contributed by atoms with Crippen molar-refractivity contribution in [3.05, 3.63) is 68.0 Å². The standard InChI is InChI=1S/C15H16FIN2/c1-9-7-10(2)14(12(16)8-9)15(19-18)11-5-3-4-6-13(11)17/h3-8,15,19H,18H2,1-2H3. The second kappa shape index (κ2) is 5.98. The van der Waals surface area contributed by atoms with Crippen LogP contribution in [0.15, 0.2) is 36.4 Å². The molecule has 3 N–H and O–H groups in total. The topological polar surface area (TPSA) is 38.0 Å². The van der Waals surface area contributed by atoms with Gasteiger partial charge in [-0.1, -0.05) is 24.3 Å². The summed E-state index contributed by atoms with van der Waals surface area (Å²) in [7, 11) is 0. The van der Waals surface area contributed by atoms with E-state index >= 15 is 0 Å². The molecule has 0 heterocycles. The molecule has 0 saturated heterocycles. The molecule has 4 heteroatoms. The van der Waals surface area contributed by atoms with Crippen LogP contribution in [0.25, 0.3) is 0 Å². The molecule has 100 valence electrons. The van der Waals surface area contributed by atoms with Crippen LogP contribution in [-0.2, 0) is 0 Å². The third kappa shape index (κ3) is 2.96. The van der Waals surface area contributed by atoms with Gasteiger partial charge in [0.05, 0.1) is 6.04 Å². The maximum Gasteiger partial charge on any atom is 0.128 e. The molecule has 19 heavy (non-hydrogen) atoms. The normalized spacial score (nSPS) is 12.5. The molecule has 0 spiro atoms. The van der Waals surface area contributed by atoms with Gasteiger partial charge in [-0.3, -0.25) is 5.84 Å². The molecule has 1 atom stereocenters. The Morgan fingerprint density at radius 3 is 2.47 bits per heavy atom. The SMILES string of the molecule is Cc1cc(C)c(C(NN)c2ccccc2I)c(F)c1. The highest BCUT2D eigenvalue weighted by molar-refractivity contribution is 14.1. The maximum absolute atomic E-state index is 14.3. The van der Waals surface area contributed by atoms with Crippen molar-refractivity contribution in [3.8, 4) is 0 Å². The highest BCUT2D eigenvalue weighted by Crippen LogP contribution is 2.30. The van der Waals surface area contributed by atoms with Crippen molar-refractivity contribution in [2.24, 2.45) is 5.84 Å². The second-order valence-corrected chi connectivity index (χ2v) is 5.76. The zero-order chi connectivity index (χ0) is 14.0. The van der Waals surface area contributed by atoms with E-state index in [0.29, 0.717) is 5.56 Å². The third-order valence-electron chi connectivity index (χ3n) is 3.15. The van der Waals surface area contributed by atoms with Gasteiger partial charge in [0.1, 0.15) is 5.82 Å². The predicted octanol–water partition coefficient (Wildman–Crippen LogP) is 3.60. The van der Waals surface area contributed by atoms with E-state index in [1.807, 2.05) is 44.2 Å². The lowest BCUT2D eigenvalue weighted by atomic mass is 9.94. The Labute approximate surface area is 126 Å². The van der Waals surface area contributed by atoms with Gasteiger partial charge in [-0.15, -0.1) is 0 Å². The molecule has 0 fully saturated rings. The van der Waals surface area contributed by atoms with Gasteiger partial charge in [0, 0.05) is 9.13 Å². The highest BCUT2D eigenvalue weighted by Gasteiger charge is 2.20. The van der Waals surface area contributed by atoms with Crippen LogP contribution in [0.4, 0.5) is 4.39 Å². The van der Waals surface area contributed by atoms with Crippen molar-refractivity contribution in [1.82, 2.24) is 5.43 Å². The number of nitrogens with two attached hydrogens (primary N) is 1. The number of benzene rings is 2. The van der Waals surface area contributed by atoms with E-state index in [9.17, 15) is 4.39 Å². The fraction of sp³-hybridized carbons (Fsp3) is 0.200. The molecule has 0 aliphatic rings. The lowest BCUT2D eigenvalue weighted by molar-refractivity contribution is 0.555. The minimum atomic E-state index is -0.339. The molecule has 0 aliphatic carbocycles. The molecular formula is C15H16FIN2. The molecular weight excluding hydrogens is 354 g/mol. The first-order valence-electron chi connectivity index (χ1n) is 6.01. The Morgan fingerprint density at radius 2 is 1.89 bits per heavy atom. The van der Waals surface area contributed by atoms with Crippen LogP contribution < -0.4 is 11.3 Å². The van der Waals surface area contributed by atoms with Crippen molar-refractivity contribution in [2.75, 3.05) is 0 Å². The van der Waals surface area contributed by atoms with Crippen molar-refractivity contribution in [1.29, 1.82) is 0 Å². The summed E-state index contributed by atoms with van der Waals surface area (Å²) in [5.74, 6) is 5.44. The molecule has 0 bridgehead atoms. The molecule has 2 rings (SSSR count). The molecule has 2 nitrogen and oxygen atoms in total. The van der Waals surface area contributed by atoms with Crippen LogP contribution >= 0.6 is 22.6 Å². The first kappa shape index (κ1) is 14.4. The van der Waals surface area contributed by atoms with Crippen molar-refractivity contribution in [2.45, 2.75) is 19.9 Å². The molecule has 2 aromatic carbocycles. The molecule has 1 unspecified atom stereocenters. The highest BCUT2D eigenvalue weighted by atomic mass is 127. The van der Waals surface area contributed by atoms with Gasteiger partial charge in [0.25, 0.3) is 0 Å². The largest absolute Gasteiger partial charge is 0.271 e. The van der Waals surface area contributed by atoms with E-state index in [1.165, 1.54) is 0 Å². The quantitative estimate of drug-likeness (QED) is 0.492. The van der Waals surface area contributed by atoms with Gasteiger partial charge in [0.2, 0.25) is 0 Å². The Morgan fingerprint density at radius 1 is 1.21 bits per heavy atom. The van der Waals surface area contributed by atoms with Gasteiger partial charge >= 0.3 is 0 Å². The summed E-state index contributed by atoms with van der Waals surface area (Å²) >= 11 is 2.24. The number of hydrogen-bond acceptors (Lipinski definition) is 2. The van der Waals surface area contributed by atoms with Crippen LogP contribution in [-0.4, -0.2) is 0 Å². The van der Waals surface area contributed by atoms with E-state index in [2.05, 4.69) is 28.0 Å². The van der Waals surface area contributed by atoms with Crippen LogP contribution in [0, 0.1) is 23.2 Å². The first-order valence-corrected chi connectivity index (χ1v) is 7.09. The first-order chi connectivity index (χ1) is 9.04. The van der Waals surface area contributed by atoms with Crippen LogP contribution in [0.2, 0.25) is 0 Å². The van der Waals surface area contributed by atoms with Gasteiger partial charge in [-0.2, -0.15) is 0 Å². The Bertz CT molecular complexity index is 575. The molecule has 2 aromatic rings. The minimum Gasteiger partial charge on any atom is -0.271 e. The lowest BCUT2D eigenvalue weighted by Crippen LogP contribution is -2.30. The Hall–Kier alpha value is -0.980. The number of nitrogens with one attached hydrogen (secondary N) is 1. The van der Waals surface area contributed by atoms with E-state index in [1.54, 1.807) is 6.07 Å². The number of hydrazine groups is 1. The summed E-state index contributed by atoms with van der Waals surface area (Å²) < 4.78 is 15.3. The molecule has 0 amide bonds.